The Morgan fingerprint density at radius 3 is 2.68 bits per heavy atom. The van der Waals surface area contributed by atoms with Gasteiger partial charge in [0.05, 0.1) is 0 Å². The molecule has 1 nitrogen and oxygen atoms in total. The van der Waals surface area contributed by atoms with Gasteiger partial charge in [-0.25, -0.2) is 0 Å². The Balaban J connectivity index is 2.26. The van der Waals surface area contributed by atoms with Crippen LogP contribution in [-0.4, -0.2) is 6.54 Å². The van der Waals surface area contributed by atoms with Crippen LogP contribution in [0.5, 0.6) is 0 Å². The zero-order chi connectivity index (χ0) is 13.8. The third-order valence-electron chi connectivity index (χ3n) is 3.15. The average Bonchev–Trinajstić information content (AvgIpc) is 2.79. The lowest BCUT2D eigenvalue weighted by Gasteiger charge is -2.19. The monoisotopic (exact) mass is 313 g/mol. The van der Waals surface area contributed by atoms with Crippen molar-refractivity contribution < 1.29 is 0 Å². The summed E-state index contributed by atoms with van der Waals surface area (Å²) in [7, 11) is 0. The summed E-state index contributed by atoms with van der Waals surface area (Å²) in [5.74, 6) is 0. The van der Waals surface area contributed by atoms with E-state index in [0.29, 0.717) is 0 Å². The van der Waals surface area contributed by atoms with E-state index in [1.807, 2.05) is 18.2 Å². The highest BCUT2D eigenvalue weighted by Gasteiger charge is 2.16. The minimum atomic E-state index is 0.284. The molecule has 1 heterocycles. The molecule has 1 aromatic heterocycles. The molecule has 1 aromatic carbocycles. The second kappa shape index (κ2) is 6.76. The molecule has 4 heteroatoms. The van der Waals surface area contributed by atoms with Crippen LogP contribution >= 0.6 is 34.5 Å². The van der Waals surface area contributed by atoms with Crippen molar-refractivity contribution in [3.8, 4) is 0 Å². The first-order valence-electron chi connectivity index (χ1n) is 6.31. The zero-order valence-electron chi connectivity index (χ0n) is 11.0. The largest absolute Gasteiger partial charge is 0.310 e. The third-order valence-corrected chi connectivity index (χ3v) is 4.64. The van der Waals surface area contributed by atoms with Gasteiger partial charge in [0.25, 0.3) is 0 Å². The van der Waals surface area contributed by atoms with Gasteiger partial charge in [0.1, 0.15) is 0 Å². The molecule has 1 unspecified atom stereocenters. The maximum atomic E-state index is 6.26. The van der Waals surface area contributed by atoms with E-state index >= 15 is 0 Å². The number of hydrogen-bond acceptors (Lipinski definition) is 2. The molecule has 2 rings (SSSR count). The van der Waals surface area contributed by atoms with E-state index in [2.05, 4.69) is 29.9 Å². The summed E-state index contributed by atoms with van der Waals surface area (Å²) < 4.78 is 0. The van der Waals surface area contributed by atoms with Crippen molar-refractivity contribution in [2.24, 2.45) is 0 Å². The Labute approximate surface area is 128 Å². The molecular weight excluding hydrogens is 297 g/mol. The standard InChI is InChI=1S/C15H17Cl2NS/c1-3-18-15(13-9-19-8-10(13)2)7-11-6-12(16)4-5-14(11)17/h4-6,8-9,15,18H,3,7H2,1-2H3. The second-order valence-electron chi connectivity index (χ2n) is 4.56. The lowest BCUT2D eigenvalue weighted by atomic mass is 9.98. The number of nitrogens with one attached hydrogen (secondary N) is 1. The smallest absolute Gasteiger partial charge is 0.0439 e. The van der Waals surface area contributed by atoms with Crippen LogP contribution < -0.4 is 5.32 Å². The van der Waals surface area contributed by atoms with E-state index in [1.165, 1.54) is 11.1 Å². The van der Waals surface area contributed by atoms with Crippen molar-refractivity contribution in [2.45, 2.75) is 26.3 Å². The highest BCUT2D eigenvalue weighted by molar-refractivity contribution is 7.08. The molecule has 0 radical (unpaired) electrons. The Kier molecular flexibility index (Phi) is 5.28. The number of rotatable bonds is 5. The SMILES string of the molecule is CCNC(Cc1cc(Cl)ccc1Cl)c1cscc1C. The minimum Gasteiger partial charge on any atom is -0.310 e. The van der Waals surface area contributed by atoms with E-state index in [9.17, 15) is 0 Å². The van der Waals surface area contributed by atoms with Crippen LogP contribution in [0.1, 0.15) is 29.7 Å². The maximum Gasteiger partial charge on any atom is 0.0439 e. The molecule has 0 aliphatic carbocycles. The molecule has 0 saturated carbocycles. The number of thiophene rings is 1. The summed E-state index contributed by atoms with van der Waals surface area (Å²) >= 11 is 14.1. The second-order valence-corrected chi connectivity index (χ2v) is 6.15. The predicted molar refractivity (Wildman–Crippen MR) is 85.6 cm³/mol. The van der Waals surface area contributed by atoms with E-state index in [1.54, 1.807) is 11.3 Å². The van der Waals surface area contributed by atoms with Crippen molar-refractivity contribution in [3.05, 3.63) is 55.7 Å². The van der Waals surface area contributed by atoms with Gasteiger partial charge in [0.2, 0.25) is 0 Å². The topological polar surface area (TPSA) is 12.0 Å². The van der Waals surface area contributed by atoms with Gasteiger partial charge in [0.15, 0.2) is 0 Å². The number of hydrogen-bond donors (Lipinski definition) is 1. The summed E-state index contributed by atoms with van der Waals surface area (Å²) in [4.78, 5) is 0. The van der Waals surface area contributed by atoms with Crippen molar-refractivity contribution >= 4 is 34.5 Å². The van der Waals surface area contributed by atoms with Gasteiger partial charge in [-0.1, -0.05) is 30.1 Å². The molecule has 0 aliphatic rings. The van der Waals surface area contributed by atoms with E-state index < -0.39 is 0 Å². The summed E-state index contributed by atoms with van der Waals surface area (Å²) in [6, 6.07) is 5.93. The van der Waals surface area contributed by atoms with Crippen LogP contribution in [0.3, 0.4) is 0 Å². The van der Waals surface area contributed by atoms with Gasteiger partial charge in [-0.3, -0.25) is 0 Å². The first-order chi connectivity index (χ1) is 9.11. The van der Waals surface area contributed by atoms with E-state index in [4.69, 9.17) is 23.2 Å². The van der Waals surface area contributed by atoms with Gasteiger partial charge in [-0.2, -0.15) is 11.3 Å². The van der Waals surface area contributed by atoms with Crippen LogP contribution in [0, 0.1) is 6.92 Å². The van der Waals surface area contributed by atoms with E-state index in [0.717, 1.165) is 28.6 Å². The normalized spacial score (nSPS) is 12.6. The summed E-state index contributed by atoms with van der Waals surface area (Å²) in [6.07, 6.45) is 0.852. The van der Waals surface area contributed by atoms with Crippen LogP contribution in [0.15, 0.2) is 29.0 Å². The lowest BCUT2D eigenvalue weighted by molar-refractivity contribution is 0.549. The van der Waals surface area contributed by atoms with Crippen molar-refractivity contribution in [1.29, 1.82) is 0 Å². The van der Waals surface area contributed by atoms with Crippen molar-refractivity contribution in [3.63, 3.8) is 0 Å². The van der Waals surface area contributed by atoms with Gasteiger partial charge >= 0.3 is 0 Å². The third kappa shape index (κ3) is 3.73. The van der Waals surface area contributed by atoms with Gasteiger partial charge in [-0.05, 0) is 65.5 Å². The van der Waals surface area contributed by atoms with Crippen LogP contribution in [0.2, 0.25) is 10.0 Å². The molecular formula is C15H17Cl2NS. The molecule has 2 aromatic rings. The first kappa shape index (κ1) is 14.9. The Morgan fingerprint density at radius 2 is 2.05 bits per heavy atom. The molecule has 0 fully saturated rings. The minimum absolute atomic E-state index is 0.284. The molecule has 0 amide bonds. The molecule has 102 valence electrons. The Bertz CT molecular complexity index is 551. The highest BCUT2D eigenvalue weighted by Crippen LogP contribution is 2.29. The highest BCUT2D eigenvalue weighted by atomic mass is 35.5. The van der Waals surface area contributed by atoms with Crippen LogP contribution in [-0.2, 0) is 6.42 Å². The molecule has 0 aliphatic heterocycles. The molecule has 1 N–H and O–H groups in total. The Hall–Kier alpha value is -0.540. The fraction of sp³-hybridized carbons (Fsp3) is 0.333. The average molecular weight is 314 g/mol. The Morgan fingerprint density at radius 1 is 1.26 bits per heavy atom. The van der Waals surface area contributed by atoms with Crippen molar-refractivity contribution in [2.75, 3.05) is 6.54 Å². The summed E-state index contributed by atoms with van der Waals surface area (Å²) in [6.45, 7) is 5.20. The van der Waals surface area contributed by atoms with E-state index in [-0.39, 0.29) is 6.04 Å². The number of aryl methyl sites for hydroxylation is 1. The number of likely N-dealkylation sites (N-methyl/N-ethyl adjacent to an activating group) is 1. The summed E-state index contributed by atoms with van der Waals surface area (Å²) in [5, 5.41) is 9.43. The molecule has 19 heavy (non-hydrogen) atoms. The molecule has 0 bridgehead atoms. The fourth-order valence-corrected chi connectivity index (χ4v) is 3.48. The molecule has 0 spiro atoms. The molecule has 1 atom stereocenters. The quantitative estimate of drug-likeness (QED) is 0.794. The zero-order valence-corrected chi connectivity index (χ0v) is 13.4. The first-order valence-corrected chi connectivity index (χ1v) is 8.01. The van der Waals surface area contributed by atoms with Gasteiger partial charge in [-0.15, -0.1) is 0 Å². The van der Waals surface area contributed by atoms with Crippen LogP contribution in [0.4, 0.5) is 0 Å². The van der Waals surface area contributed by atoms with Gasteiger partial charge in [0, 0.05) is 16.1 Å². The predicted octanol–water partition coefficient (Wildman–Crippen LogP) is 5.26. The van der Waals surface area contributed by atoms with Crippen LogP contribution in [0.25, 0.3) is 0 Å². The lowest BCUT2D eigenvalue weighted by Crippen LogP contribution is -2.23. The summed E-state index contributed by atoms with van der Waals surface area (Å²) in [5.41, 5.74) is 3.77. The number of halogens is 2. The number of benzene rings is 1. The molecule has 0 saturated heterocycles. The fourth-order valence-electron chi connectivity index (χ4n) is 2.19. The maximum absolute atomic E-state index is 6.26. The van der Waals surface area contributed by atoms with Gasteiger partial charge < -0.3 is 5.32 Å². The van der Waals surface area contributed by atoms with Crippen molar-refractivity contribution in [1.82, 2.24) is 5.32 Å².